The van der Waals surface area contributed by atoms with Gasteiger partial charge in [-0.15, -0.1) is 0 Å². The van der Waals surface area contributed by atoms with Crippen LogP contribution in [0.25, 0.3) is 10.9 Å². The van der Waals surface area contributed by atoms with Gasteiger partial charge in [0.2, 0.25) is 17.8 Å². The van der Waals surface area contributed by atoms with E-state index in [1.54, 1.807) is 7.05 Å². The van der Waals surface area contributed by atoms with Gasteiger partial charge in [0.05, 0.1) is 23.1 Å². The first kappa shape index (κ1) is 19.1. The summed E-state index contributed by atoms with van der Waals surface area (Å²) in [5, 5.41) is 10.6. The third kappa shape index (κ3) is 4.00. The number of para-hydroxylation sites is 1. The van der Waals surface area contributed by atoms with Crippen LogP contribution in [0, 0.1) is 0 Å². The van der Waals surface area contributed by atoms with E-state index in [1.165, 1.54) is 6.33 Å². The van der Waals surface area contributed by atoms with Gasteiger partial charge in [-0.05, 0) is 19.1 Å². The minimum atomic E-state index is -0.169. The Morgan fingerprint density at radius 2 is 2.07 bits per heavy atom. The van der Waals surface area contributed by atoms with Crippen LogP contribution in [0.1, 0.15) is 18.5 Å². The molecule has 2 aromatic heterocycles. The summed E-state index contributed by atoms with van der Waals surface area (Å²) in [5.41, 5.74) is 1.64. The summed E-state index contributed by atoms with van der Waals surface area (Å²) in [6.45, 7) is 3.49. The number of benzene rings is 1. The minimum Gasteiger partial charge on any atom is -0.357 e. The Kier molecular flexibility index (Phi) is 5.30. The molecule has 0 spiro atoms. The van der Waals surface area contributed by atoms with E-state index in [4.69, 9.17) is 16.6 Å². The van der Waals surface area contributed by atoms with E-state index in [2.05, 4.69) is 30.9 Å². The average Bonchev–Trinajstić information content (AvgIpc) is 2.73. The normalized spacial score (nSPS) is 15.1. The SMILES string of the molecule is CNc1ncnc(N[C@@H](C)c2cc3cccc(Cl)c3nc2N2CCNC(=O)C2)n1. The largest absolute Gasteiger partial charge is 0.357 e. The van der Waals surface area contributed by atoms with E-state index in [1.807, 2.05) is 36.1 Å². The van der Waals surface area contributed by atoms with Crippen molar-refractivity contribution in [2.24, 2.45) is 0 Å². The minimum absolute atomic E-state index is 0.0278. The average molecular weight is 413 g/mol. The number of hydrogen-bond acceptors (Lipinski definition) is 8. The molecule has 9 nitrogen and oxygen atoms in total. The van der Waals surface area contributed by atoms with E-state index in [9.17, 15) is 4.79 Å². The van der Waals surface area contributed by atoms with Crippen LogP contribution in [0.4, 0.5) is 17.7 Å². The van der Waals surface area contributed by atoms with E-state index in [0.717, 1.165) is 16.8 Å². The van der Waals surface area contributed by atoms with Crippen LogP contribution >= 0.6 is 11.6 Å². The number of piperazine rings is 1. The Balaban J connectivity index is 1.76. The topological polar surface area (TPSA) is 108 Å². The molecule has 10 heteroatoms. The Bertz CT molecular complexity index is 1060. The summed E-state index contributed by atoms with van der Waals surface area (Å²) in [5.74, 6) is 1.62. The fourth-order valence-electron chi connectivity index (χ4n) is 3.32. The van der Waals surface area contributed by atoms with Crippen LogP contribution in [0.3, 0.4) is 0 Å². The van der Waals surface area contributed by atoms with Gasteiger partial charge >= 0.3 is 0 Å². The molecule has 3 aromatic rings. The maximum Gasteiger partial charge on any atom is 0.239 e. The lowest BCUT2D eigenvalue weighted by Crippen LogP contribution is -2.48. The lowest BCUT2D eigenvalue weighted by Gasteiger charge is -2.31. The summed E-state index contributed by atoms with van der Waals surface area (Å²) in [6.07, 6.45) is 1.45. The molecule has 0 aliphatic carbocycles. The van der Waals surface area contributed by atoms with E-state index < -0.39 is 0 Å². The molecule has 1 aliphatic heterocycles. The Morgan fingerprint density at radius 1 is 1.24 bits per heavy atom. The Labute approximate surface area is 172 Å². The second kappa shape index (κ2) is 8.04. The Morgan fingerprint density at radius 3 is 2.86 bits per heavy atom. The van der Waals surface area contributed by atoms with Gasteiger partial charge in [-0.1, -0.05) is 23.7 Å². The second-order valence-electron chi connectivity index (χ2n) is 6.73. The van der Waals surface area contributed by atoms with Crippen molar-refractivity contribution in [3.63, 3.8) is 0 Å². The number of nitrogens with one attached hydrogen (secondary N) is 3. The van der Waals surface area contributed by atoms with Crippen LogP contribution in [-0.4, -0.2) is 52.5 Å². The quantitative estimate of drug-likeness (QED) is 0.585. The zero-order valence-corrected chi connectivity index (χ0v) is 16.9. The molecule has 0 saturated carbocycles. The molecule has 3 heterocycles. The maximum absolute atomic E-state index is 12.0. The maximum atomic E-state index is 12.0. The third-order valence-corrected chi connectivity index (χ3v) is 5.06. The highest BCUT2D eigenvalue weighted by atomic mass is 35.5. The summed E-state index contributed by atoms with van der Waals surface area (Å²) < 4.78 is 0. The van der Waals surface area contributed by atoms with Gasteiger partial charge in [0.1, 0.15) is 12.1 Å². The van der Waals surface area contributed by atoms with Gasteiger partial charge in [0, 0.05) is 31.1 Å². The number of nitrogens with zero attached hydrogens (tertiary/aromatic N) is 5. The highest BCUT2D eigenvalue weighted by molar-refractivity contribution is 6.35. The van der Waals surface area contributed by atoms with Gasteiger partial charge < -0.3 is 20.9 Å². The molecule has 1 aliphatic rings. The van der Waals surface area contributed by atoms with E-state index in [-0.39, 0.29) is 18.5 Å². The van der Waals surface area contributed by atoms with E-state index in [0.29, 0.717) is 35.5 Å². The van der Waals surface area contributed by atoms with E-state index >= 15 is 0 Å². The predicted octanol–water partition coefficient (Wildman–Crippen LogP) is 2.22. The summed E-state index contributed by atoms with van der Waals surface area (Å²) in [7, 11) is 1.75. The molecule has 1 saturated heterocycles. The number of hydrogen-bond donors (Lipinski definition) is 3. The van der Waals surface area contributed by atoms with Crippen LogP contribution in [0.2, 0.25) is 5.02 Å². The fraction of sp³-hybridized carbons (Fsp3) is 0.316. The van der Waals surface area contributed by atoms with Crippen molar-refractivity contribution in [3.8, 4) is 0 Å². The predicted molar refractivity (Wildman–Crippen MR) is 113 cm³/mol. The van der Waals surface area contributed by atoms with Crippen molar-refractivity contribution in [2.45, 2.75) is 13.0 Å². The highest BCUT2D eigenvalue weighted by Crippen LogP contribution is 2.32. The number of anilines is 3. The lowest BCUT2D eigenvalue weighted by atomic mass is 10.0. The van der Waals surface area contributed by atoms with Gasteiger partial charge in [-0.2, -0.15) is 4.98 Å². The molecule has 1 fully saturated rings. The van der Waals surface area contributed by atoms with Crippen molar-refractivity contribution in [2.75, 3.05) is 42.2 Å². The molecular formula is C19H21ClN8O. The molecule has 1 aromatic carbocycles. The zero-order valence-electron chi connectivity index (χ0n) is 16.1. The smallest absolute Gasteiger partial charge is 0.239 e. The number of carbonyl (C=O) groups is 1. The van der Waals surface area contributed by atoms with Gasteiger partial charge in [-0.3, -0.25) is 4.79 Å². The summed E-state index contributed by atoms with van der Waals surface area (Å²) in [4.78, 5) is 31.3. The first-order valence-corrected chi connectivity index (χ1v) is 9.67. The molecule has 1 atom stereocenters. The van der Waals surface area contributed by atoms with Gasteiger partial charge in [0.15, 0.2) is 0 Å². The zero-order chi connectivity index (χ0) is 20.4. The summed E-state index contributed by atoms with van der Waals surface area (Å²) >= 11 is 6.38. The number of amides is 1. The number of pyridine rings is 1. The van der Waals surface area contributed by atoms with Crippen LogP contribution in [0.5, 0.6) is 0 Å². The standard InChI is InChI=1S/C19H21ClN8O/c1-11(25-19-24-10-23-18(21-2)27-19)13-8-12-4-3-5-14(20)16(12)26-17(13)28-7-6-22-15(29)9-28/h3-5,8,10-11H,6-7,9H2,1-2H3,(H,22,29)(H2,21,23,24,25,27)/t11-/m0/s1. The third-order valence-electron chi connectivity index (χ3n) is 4.75. The van der Waals surface area contributed by atoms with Crippen molar-refractivity contribution < 1.29 is 4.79 Å². The van der Waals surface area contributed by atoms with Crippen molar-refractivity contribution >= 4 is 46.1 Å². The van der Waals surface area contributed by atoms with Crippen molar-refractivity contribution in [1.82, 2.24) is 25.3 Å². The molecule has 29 heavy (non-hydrogen) atoms. The van der Waals surface area contributed by atoms with Gasteiger partial charge in [0.25, 0.3) is 0 Å². The molecule has 4 rings (SSSR count). The number of halogens is 1. The van der Waals surface area contributed by atoms with Crippen LogP contribution in [-0.2, 0) is 4.79 Å². The first-order chi connectivity index (χ1) is 14.0. The van der Waals surface area contributed by atoms with Crippen LogP contribution < -0.4 is 20.9 Å². The van der Waals surface area contributed by atoms with Crippen molar-refractivity contribution in [1.29, 1.82) is 0 Å². The molecule has 0 radical (unpaired) electrons. The monoisotopic (exact) mass is 412 g/mol. The molecule has 3 N–H and O–H groups in total. The first-order valence-electron chi connectivity index (χ1n) is 9.29. The lowest BCUT2D eigenvalue weighted by molar-refractivity contribution is -0.120. The van der Waals surface area contributed by atoms with Gasteiger partial charge in [-0.25, -0.2) is 15.0 Å². The van der Waals surface area contributed by atoms with Crippen molar-refractivity contribution in [3.05, 3.63) is 41.2 Å². The highest BCUT2D eigenvalue weighted by Gasteiger charge is 2.24. The molecular weight excluding hydrogens is 392 g/mol. The molecule has 0 unspecified atom stereocenters. The number of fused-ring (bicyclic) bond motifs is 1. The molecule has 150 valence electrons. The second-order valence-corrected chi connectivity index (χ2v) is 7.14. The Hall–Kier alpha value is -3.20. The summed E-state index contributed by atoms with van der Waals surface area (Å²) in [6, 6.07) is 7.56. The van der Waals surface area contributed by atoms with Crippen LogP contribution in [0.15, 0.2) is 30.6 Å². The number of rotatable bonds is 5. The molecule has 0 bridgehead atoms. The fourth-order valence-corrected chi connectivity index (χ4v) is 3.54. The number of aromatic nitrogens is 4. The molecule has 1 amide bonds. The number of carbonyl (C=O) groups excluding carboxylic acids is 1.